The van der Waals surface area contributed by atoms with E-state index < -0.39 is 11.9 Å². The number of hydrogen-bond acceptors (Lipinski definition) is 5. The fourth-order valence-corrected chi connectivity index (χ4v) is 2.06. The van der Waals surface area contributed by atoms with Gasteiger partial charge in [0.25, 0.3) is 5.91 Å². The van der Waals surface area contributed by atoms with Crippen LogP contribution in [0.4, 0.5) is 0 Å². The number of hydrogen-bond donors (Lipinski definition) is 1. The van der Waals surface area contributed by atoms with Crippen molar-refractivity contribution in [2.75, 3.05) is 7.11 Å². The van der Waals surface area contributed by atoms with Gasteiger partial charge in [-0.05, 0) is 36.4 Å². The average Bonchev–Trinajstić information content (AvgIpc) is 2.65. The lowest BCUT2D eigenvalue weighted by molar-refractivity contribution is -0.132. The van der Waals surface area contributed by atoms with E-state index in [4.69, 9.17) is 11.6 Å². The number of methoxy groups -OCH3 is 1. The zero-order chi connectivity index (χ0) is 18.2. The minimum Gasteiger partial charge on any atom is -0.464 e. The van der Waals surface area contributed by atoms with E-state index in [0.717, 1.165) is 0 Å². The molecule has 0 aromatic heterocycles. The number of ether oxygens (including phenoxy) is 1. The summed E-state index contributed by atoms with van der Waals surface area (Å²) in [7, 11) is 1.17. The maximum atomic E-state index is 12.3. The summed E-state index contributed by atoms with van der Waals surface area (Å²) in [5.41, 5.74) is 2.80. The van der Waals surface area contributed by atoms with E-state index in [-0.39, 0.29) is 17.9 Å². The van der Waals surface area contributed by atoms with Gasteiger partial charge in [-0.1, -0.05) is 29.8 Å². The highest BCUT2D eigenvalue weighted by Crippen LogP contribution is 2.11. The Morgan fingerprint density at radius 3 is 2.24 bits per heavy atom. The van der Waals surface area contributed by atoms with Gasteiger partial charge in [0.15, 0.2) is 11.5 Å². The molecule has 0 atom stereocenters. The maximum Gasteiger partial charge on any atom is 0.354 e. The van der Waals surface area contributed by atoms with Gasteiger partial charge in [-0.15, -0.1) is 0 Å². The molecule has 0 heterocycles. The molecule has 0 spiro atoms. The number of halogens is 1. The van der Waals surface area contributed by atoms with Crippen LogP contribution in [0.25, 0.3) is 0 Å². The Balaban J connectivity index is 2.12. The molecule has 0 radical (unpaired) electrons. The van der Waals surface area contributed by atoms with Crippen LogP contribution in [-0.2, 0) is 9.53 Å². The van der Waals surface area contributed by atoms with Gasteiger partial charge in [-0.25, -0.2) is 10.2 Å². The number of nitrogens with one attached hydrogen (secondary N) is 1. The molecule has 2 aromatic carbocycles. The van der Waals surface area contributed by atoms with Crippen LogP contribution in [0, 0.1) is 0 Å². The number of nitrogens with zero attached hydrogens (tertiary/aromatic N) is 1. The van der Waals surface area contributed by atoms with Crippen LogP contribution in [-0.4, -0.2) is 30.5 Å². The molecule has 0 saturated heterocycles. The van der Waals surface area contributed by atoms with E-state index >= 15 is 0 Å². The molecule has 1 amide bonds. The molecular formula is C18H15ClN2O4. The van der Waals surface area contributed by atoms with Gasteiger partial charge < -0.3 is 4.74 Å². The highest BCUT2D eigenvalue weighted by Gasteiger charge is 2.18. The fourth-order valence-electron chi connectivity index (χ4n) is 1.94. The predicted molar refractivity (Wildman–Crippen MR) is 93.8 cm³/mol. The van der Waals surface area contributed by atoms with Crippen molar-refractivity contribution in [1.29, 1.82) is 0 Å². The molecule has 2 aromatic rings. The SMILES string of the molecule is COC(=O)/C(CC(=O)c1ccc(Cl)cc1)=N\NC(=O)c1ccccc1. The summed E-state index contributed by atoms with van der Waals surface area (Å²) in [6.07, 6.45) is -0.316. The van der Waals surface area contributed by atoms with Gasteiger partial charge in [0.1, 0.15) is 0 Å². The average molecular weight is 359 g/mol. The number of hydrazone groups is 1. The second kappa shape index (κ2) is 8.75. The zero-order valence-electron chi connectivity index (χ0n) is 13.4. The van der Waals surface area contributed by atoms with Crippen molar-refractivity contribution in [3.05, 3.63) is 70.7 Å². The van der Waals surface area contributed by atoms with Gasteiger partial charge in [-0.2, -0.15) is 5.10 Å². The highest BCUT2D eigenvalue weighted by molar-refractivity contribution is 6.40. The molecule has 0 aliphatic carbocycles. The number of esters is 1. The van der Waals surface area contributed by atoms with Crippen molar-refractivity contribution >= 4 is 35.0 Å². The van der Waals surface area contributed by atoms with Crippen molar-refractivity contribution in [2.45, 2.75) is 6.42 Å². The van der Waals surface area contributed by atoms with E-state index in [0.29, 0.717) is 16.1 Å². The van der Waals surface area contributed by atoms with E-state index in [9.17, 15) is 14.4 Å². The van der Waals surface area contributed by atoms with Crippen molar-refractivity contribution in [1.82, 2.24) is 5.43 Å². The molecule has 128 valence electrons. The lowest BCUT2D eigenvalue weighted by atomic mass is 10.1. The monoisotopic (exact) mass is 358 g/mol. The summed E-state index contributed by atoms with van der Waals surface area (Å²) in [6.45, 7) is 0. The third kappa shape index (κ3) is 5.26. The van der Waals surface area contributed by atoms with Crippen LogP contribution in [0.2, 0.25) is 5.02 Å². The third-order valence-electron chi connectivity index (χ3n) is 3.24. The summed E-state index contributed by atoms with van der Waals surface area (Å²) in [4.78, 5) is 36.0. The summed E-state index contributed by atoms with van der Waals surface area (Å²) < 4.78 is 4.61. The van der Waals surface area contributed by atoms with Gasteiger partial charge in [0.2, 0.25) is 0 Å². The van der Waals surface area contributed by atoms with Gasteiger partial charge in [0, 0.05) is 16.1 Å². The molecule has 0 saturated carbocycles. The van der Waals surface area contributed by atoms with Crippen LogP contribution < -0.4 is 5.43 Å². The Morgan fingerprint density at radius 1 is 1.00 bits per heavy atom. The van der Waals surface area contributed by atoms with Crippen molar-refractivity contribution in [3.8, 4) is 0 Å². The minimum atomic E-state index is -0.796. The molecular weight excluding hydrogens is 344 g/mol. The molecule has 0 unspecified atom stereocenters. The molecule has 0 bridgehead atoms. The first-order chi connectivity index (χ1) is 12.0. The van der Waals surface area contributed by atoms with E-state index in [2.05, 4.69) is 15.3 Å². The van der Waals surface area contributed by atoms with Crippen LogP contribution in [0.5, 0.6) is 0 Å². The first-order valence-corrected chi connectivity index (χ1v) is 7.68. The summed E-state index contributed by atoms with van der Waals surface area (Å²) in [6, 6.07) is 14.6. The number of benzene rings is 2. The molecule has 0 aliphatic rings. The lowest BCUT2D eigenvalue weighted by Gasteiger charge is -2.06. The number of rotatable bonds is 6. The normalized spacial score (nSPS) is 10.9. The van der Waals surface area contributed by atoms with Crippen LogP contribution in [0.1, 0.15) is 27.1 Å². The Bertz CT molecular complexity index is 802. The number of carbonyl (C=O) groups excluding carboxylic acids is 3. The summed E-state index contributed by atoms with van der Waals surface area (Å²) in [5, 5.41) is 4.24. The topological polar surface area (TPSA) is 84.8 Å². The smallest absolute Gasteiger partial charge is 0.354 e. The van der Waals surface area contributed by atoms with Crippen LogP contribution in [0.15, 0.2) is 59.7 Å². The summed E-state index contributed by atoms with van der Waals surface area (Å²) in [5.74, 6) is -1.65. The maximum absolute atomic E-state index is 12.3. The van der Waals surface area contributed by atoms with Gasteiger partial charge in [0.05, 0.1) is 13.5 Å². The van der Waals surface area contributed by atoms with E-state index in [1.54, 1.807) is 54.6 Å². The lowest BCUT2D eigenvalue weighted by Crippen LogP contribution is -2.26. The molecule has 25 heavy (non-hydrogen) atoms. The first-order valence-electron chi connectivity index (χ1n) is 7.30. The summed E-state index contributed by atoms with van der Waals surface area (Å²) >= 11 is 5.78. The molecule has 1 N–H and O–H groups in total. The number of ketones is 1. The van der Waals surface area contributed by atoms with Crippen LogP contribution >= 0.6 is 11.6 Å². The Kier molecular flexibility index (Phi) is 6.42. The van der Waals surface area contributed by atoms with Crippen molar-refractivity contribution in [2.24, 2.45) is 5.10 Å². The number of amides is 1. The van der Waals surface area contributed by atoms with Gasteiger partial charge >= 0.3 is 5.97 Å². The quantitative estimate of drug-likeness (QED) is 0.372. The molecule has 0 fully saturated rings. The number of Topliss-reactive ketones (excluding diaryl/α,β-unsaturated/α-hetero) is 1. The minimum absolute atomic E-state index is 0.202. The first kappa shape index (κ1) is 18.4. The second-order valence-electron chi connectivity index (χ2n) is 4.96. The fraction of sp³-hybridized carbons (Fsp3) is 0.111. The Hall–Kier alpha value is -2.99. The zero-order valence-corrected chi connectivity index (χ0v) is 14.1. The highest BCUT2D eigenvalue weighted by atomic mass is 35.5. The number of carbonyl (C=O) groups is 3. The molecule has 2 rings (SSSR count). The van der Waals surface area contributed by atoms with Gasteiger partial charge in [-0.3, -0.25) is 9.59 Å². The second-order valence-corrected chi connectivity index (χ2v) is 5.40. The third-order valence-corrected chi connectivity index (χ3v) is 3.50. The largest absolute Gasteiger partial charge is 0.464 e. The Labute approximate surface area is 149 Å². The molecule has 0 aliphatic heterocycles. The Morgan fingerprint density at radius 2 is 1.64 bits per heavy atom. The van der Waals surface area contributed by atoms with Crippen LogP contribution in [0.3, 0.4) is 0 Å². The van der Waals surface area contributed by atoms with E-state index in [1.165, 1.54) is 7.11 Å². The predicted octanol–water partition coefficient (Wildman–Crippen LogP) is 2.87. The molecule has 7 heteroatoms. The standard InChI is InChI=1S/C18H15ClN2O4/c1-25-18(24)15(11-16(22)12-7-9-14(19)10-8-12)20-21-17(23)13-5-3-2-4-6-13/h2-10H,11H2,1H3,(H,21,23)/b20-15-. The molecule has 6 nitrogen and oxygen atoms in total. The van der Waals surface area contributed by atoms with Crippen molar-refractivity contribution in [3.63, 3.8) is 0 Å². The van der Waals surface area contributed by atoms with Crippen molar-refractivity contribution < 1.29 is 19.1 Å². The van der Waals surface area contributed by atoms with E-state index in [1.807, 2.05) is 0 Å².